The van der Waals surface area contributed by atoms with Crippen molar-refractivity contribution in [3.63, 3.8) is 0 Å². The minimum Gasteiger partial charge on any atom is -0.324 e. The van der Waals surface area contributed by atoms with Gasteiger partial charge in [0.05, 0.1) is 18.0 Å². The van der Waals surface area contributed by atoms with Crippen molar-refractivity contribution >= 4 is 23.4 Å². The van der Waals surface area contributed by atoms with Crippen LogP contribution in [-0.2, 0) is 4.79 Å². The molecular weight excluding hydrogens is 232 g/mol. The Bertz CT molecular complexity index is 460. The maximum absolute atomic E-state index is 11.5. The molecule has 1 rings (SSSR count). The minimum atomic E-state index is -0.0149. The zero-order valence-corrected chi connectivity index (χ0v) is 10.9. The summed E-state index contributed by atoms with van der Waals surface area (Å²) in [5.74, 6) is 6.17. The fraction of sp³-hybridized carbons (Fsp3) is 0.308. The summed E-state index contributed by atoms with van der Waals surface area (Å²) >= 11 is 1.49. The van der Waals surface area contributed by atoms with Crippen LogP contribution >= 0.6 is 11.8 Å². The summed E-state index contributed by atoms with van der Waals surface area (Å²) < 4.78 is 0. The first-order valence-electron chi connectivity index (χ1n) is 5.25. The van der Waals surface area contributed by atoms with Crippen LogP contribution < -0.4 is 11.1 Å². The number of nitrogens with one attached hydrogen (secondary N) is 1. The van der Waals surface area contributed by atoms with Gasteiger partial charge in [-0.2, -0.15) is 11.8 Å². The third-order valence-corrected chi connectivity index (χ3v) is 2.60. The van der Waals surface area contributed by atoms with Crippen LogP contribution in [0.15, 0.2) is 18.2 Å². The van der Waals surface area contributed by atoms with Gasteiger partial charge in [0, 0.05) is 5.56 Å². The molecule has 3 N–H and O–H groups in total. The maximum atomic E-state index is 11.5. The first-order chi connectivity index (χ1) is 8.17. The van der Waals surface area contributed by atoms with Gasteiger partial charge in [0.2, 0.25) is 5.91 Å². The summed E-state index contributed by atoms with van der Waals surface area (Å²) in [5.41, 5.74) is 7.98. The second-order valence-corrected chi connectivity index (χ2v) is 4.40. The molecule has 90 valence electrons. The van der Waals surface area contributed by atoms with Crippen LogP contribution in [0.4, 0.5) is 5.69 Å². The van der Waals surface area contributed by atoms with Gasteiger partial charge in [-0.25, -0.2) is 0 Å². The summed E-state index contributed by atoms with van der Waals surface area (Å²) in [6.45, 7) is 2.29. The molecule has 0 unspecified atom stereocenters. The van der Waals surface area contributed by atoms with Gasteiger partial charge in [-0.3, -0.25) is 4.79 Å². The molecule has 4 heteroatoms. The molecule has 0 spiro atoms. The molecule has 0 radical (unpaired) electrons. The molecule has 0 aromatic heterocycles. The van der Waals surface area contributed by atoms with Gasteiger partial charge in [-0.15, -0.1) is 0 Å². The molecule has 0 aliphatic heterocycles. The van der Waals surface area contributed by atoms with Crippen molar-refractivity contribution in [3.8, 4) is 11.8 Å². The van der Waals surface area contributed by atoms with E-state index in [1.54, 1.807) is 0 Å². The Hall–Kier alpha value is -1.44. The number of carbonyl (C=O) groups excluding carboxylic acids is 1. The number of aryl methyl sites for hydroxylation is 1. The molecule has 0 aliphatic rings. The molecule has 0 heterocycles. The minimum absolute atomic E-state index is 0.0149. The van der Waals surface area contributed by atoms with Gasteiger partial charge >= 0.3 is 0 Å². The van der Waals surface area contributed by atoms with Crippen LogP contribution in [0.3, 0.4) is 0 Å². The molecule has 0 saturated carbocycles. The number of nitrogens with two attached hydrogens (primary N) is 1. The van der Waals surface area contributed by atoms with Gasteiger partial charge in [0.1, 0.15) is 0 Å². The number of hydrogen-bond donors (Lipinski definition) is 2. The molecule has 17 heavy (non-hydrogen) atoms. The Morgan fingerprint density at radius 2 is 2.29 bits per heavy atom. The van der Waals surface area contributed by atoms with Crippen LogP contribution in [0.5, 0.6) is 0 Å². The molecule has 1 amide bonds. The summed E-state index contributed by atoms with van der Waals surface area (Å²) in [4.78, 5) is 11.5. The number of rotatable bonds is 3. The highest BCUT2D eigenvalue weighted by atomic mass is 32.2. The van der Waals surface area contributed by atoms with Crippen molar-refractivity contribution in [1.29, 1.82) is 0 Å². The standard InChI is InChI=1S/C13H16N2OS/c1-10-5-6-11(4-3-7-14)12(8-10)15-13(16)9-17-2/h5-6,8H,7,9,14H2,1-2H3,(H,15,16). The number of anilines is 1. The average molecular weight is 248 g/mol. The van der Waals surface area contributed by atoms with Crippen LogP contribution in [0.2, 0.25) is 0 Å². The molecule has 0 saturated heterocycles. The lowest BCUT2D eigenvalue weighted by molar-refractivity contribution is -0.113. The number of hydrogen-bond acceptors (Lipinski definition) is 3. The van der Waals surface area contributed by atoms with E-state index in [0.717, 1.165) is 16.8 Å². The Morgan fingerprint density at radius 3 is 2.94 bits per heavy atom. The molecule has 1 aromatic carbocycles. The van der Waals surface area contributed by atoms with Crippen molar-refractivity contribution in [2.24, 2.45) is 5.73 Å². The van der Waals surface area contributed by atoms with Crippen LogP contribution in [-0.4, -0.2) is 24.5 Å². The molecule has 3 nitrogen and oxygen atoms in total. The number of amides is 1. The van der Waals surface area contributed by atoms with E-state index in [4.69, 9.17) is 5.73 Å². The third kappa shape index (κ3) is 4.51. The van der Waals surface area contributed by atoms with E-state index in [0.29, 0.717) is 12.3 Å². The van der Waals surface area contributed by atoms with Gasteiger partial charge in [-0.1, -0.05) is 17.9 Å². The second kappa shape index (κ2) is 7.00. The van der Waals surface area contributed by atoms with E-state index in [2.05, 4.69) is 17.2 Å². The molecule has 0 atom stereocenters. The van der Waals surface area contributed by atoms with E-state index in [1.807, 2.05) is 31.4 Å². The Kier molecular flexibility index (Phi) is 5.61. The second-order valence-electron chi connectivity index (χ2n) is 3.54. The van der Waals surface area contributed by atoms with Crippen LogP contribution in [0, 0.1) is 18.8 Å². The molecule has 0 fully saturated rings. The van der Waals surface area contributed by atoms with E-state index in [9.17, 15) is 4.79 Å². The zero-order chi connectivity index (χ0) is 12.7. The van der Waals surface area contributed by atoms with Crippen molar-refractivity contribution in [2.75, 3.05) is 23.9 Å². The Balaban J connectivity index is 2.94. The van der Waals surface area contributed by atoms with Crippen LogP contribution in [0.25, 0.3) is 0 Å². The van der Waals surface area contributed by atoms with Gasteiger partial charge in [0.25, 0.3) is 0 Å². The highest BCUT2D eigenvalue weighted by Crippen LogP contribution is 2.16. The lowest BCUT2D eigenvalue weighted by Crippen LogP contribution is -2.14. The summed E-state index contributed by atoms with van der Waals surface area (Å²) in [5, 5.41) is 2.86. The molecule has 0 bridgehead atoms. The monoisotopic (exact) mass is 248 g/mol. The number of carbonyl (C=O) groups is 1. The fourth-order valence-corrected chi connectivity index (χ4v) is 1.67. The maximum Gasteiger partial charge on any atom is 0.234 e. The quantitative estimate of drug-likeness (QED) is 0.799. The summed E-state index contributed by atoms with van der Waals surface area (Å²) in [6.07, 6.45) is 1.89. The first-order valence-corrected chi connectivity index (χ1v) is 6.65. The number of thioether (sulfide) groups is 1. The van der Waals surface area contributed by atoms with Crippen molar-refractivity contribution in [3.05, 3.63) is 29.3 Å². The van der Waals surface area contributed by atoms with E-state index < -0.39 is 0 Å². The van der Waals surface area contributed by atoms with Gasteiger partial charge < -0.3 is 11.1 Å². The summed E-state index contributed by atoms with van der Waals surface area (Å²) in [7, 11) is 0. The highest BCUT2D eigenvalue weighted by molar-refractivity contribution is 7.99. The van der Waals surface area contributed by atoms with E-state index in [1.165, 1.54) is 11.8 Å². The Morgan fingerprint density at radius 1 is 1.53 bits per heavy atom. The van der Waals surface area contributed by atoms with Gasteiger partial charge in [-0.05, 0) is 30.9 Å². The largest absolute Gasteiger partial charge is 0.324 e. The lowest BCUT2D eigenvalue weighted by atomic mass is 10.1. The van der Waals surface area contributed by atoms with E-state index in [-0.39, 0.29) is 5.91 Å². The predicted octanol–water partition coefficient (Wildman–Crippen LogP) is 1.61. The number of benzene rings is 1. The van der Waals surface area contributed by atoms with Gasteiger partial charge in [0.15, 0.2) is 0 Å². The van der Waals surface area contributed by atoms with Crippen molar-refractivity contribution < 1.29 is 4.79 Å². The van der Waals surface area contributed by atoms with Crippen molar-refractivity contribution in [1.82, 2.24) is 0 Å². The SMILES string of the molecule is CSCC(=O)Nc1cc(C)ccc1C#CCN. The topological polar surface area (TPSA) is 55.1 Å². The summed E-state index contributed by atoms with van der Waals surface area (Å²) in [6, 6.07) is 5.77. The zero-order valence-electron chi connectivity index (χ0n) is 10.0. The lowest BCUT2D eigenvalue weighted by Gasteiger charge is -2.07. The molecular formula is C13H16N2OS. The van der Waals surface area contributed by atoms with Crippen LogP contribution in [0.1, 0.15) is 11.1 Å². The predicted molar refractivity (Wildman–Crippen MR) is 74.1 cm³/mol. The Labute approximate surface area is 106 Å². The normalized spacial score (nSPS) is 9.35. The average Bonchev–Trinajstić information content (AvgIpc) is 2.28. The molecule has 1 aromatic rings. The third-order valence-electron chi connectivity index (χ3n) is 2.05. The van der Waals surface area contributed by atoms with E-state index >= 15 is 0 Å². The molecule has 0 aliphatic carbocycles. The first kappa shape index (κ1) is 13.6. The van der Waals surface area contributed by atoms with Crippen molar-refractivity contribution in [2.45, 2.75) is 6.92 Å². The highest BCUT2D eigenvalue weighted by Gasteiger charge is 2.05. The smallest absolute Gasteiger partial charge is 0.234 e. The fourth-order valence-electron chi connectivity index (χ4n) is 1.33.